The van der Waals surface area contributed by atoms with Crippen LogP contribution in [0.4, 0.5) is 5.69 Å². The SMILES string of the molecule is CCOCC(C)Oc1ccc(OC)cc1N. The Kier molecular flexibility index (Phi) is 4.92. The molecular formula is C12H19NO3. The average Bonchev–Trinajstić information content (AvgIpc) is 2.29. The topological polar surface area (TPSA) is 53.7 Å². The van der Waals surface area contributed by atoms with Crippen LogP contribution in [0.5, 0.6) is 11.5 Å². The van der Waals surface area contributed by atoms with E-state index < -0.39 is 0 Å². The zero-order valence-electron chi connectivity index (χ0n) is 10.0. The fourth-order valence-electron chi connectivity index (χ4n) is 1.30. The Labute approximate surface area is 96.3 Å². The minimum atomic E-state index is -0.0179. The van der Waals surface area contributed by atoms with Gasteiger partial charge in [0.2, 0.25) is 0 Å². The highest BCUT2D eigenvalue weighted by atomic mass is 16.5. The summed E-state index contributed by atoms with van der Waals surface area (Å²) in [4.78, 5) is 0. The maximum absolute atomic E-state index is 5.83. The summed E-state index contributed by atoms with van der Waals surface area (Å²) in [5.41, 5.74) is 6.40. The Morgan fingerprint density at radius 3 is 2.69 bits per heavy atom. The van der Waals surface area contributed by atoms with Crippen molar-refractivity contribution >= 4 is 5.69 Å². The Hall–Kier alpha value is -1.42. The van der Waals surface area contributed by atoms with Crippen molar-refractivity contribution in [2.24, 2.45) is 0 Å². The Morgan fingerprint density at radius 2 is 2.12 bits per heavy atom. The summed E-state index contributed by atoms with van der Waals surface area (Å²) in [5.74, 6) is 1.38. The molecule has 16 heavy (non-hydrogen) atoms. The highest BCUT2D eigenvalue weighted by Crippen LogP contribution is 2.26. The van der Waals surface area contributed by atoms with Crippen molar-refractivity contribution < 1.29 is 14.2 Å². The van der Waals surface area contributed by atoms with Crippen molar-refractivity contribution in [2.45, 2.75) is 20.0 Å². The lowest BCUT2D eigenvalue weighted by molar-refractivity contribution is 0.0661. The van der Waals surface area contributed by atoms with Gasteiger partial charge in [-0.3, -0.25) is 0 Å². The van der Waals surface area contributed by atoms with Gasteiger partial charge in [-0.1, -0.05) is 0 Å². The molecule has 0 amide bonds. The second-order valence-corrected chi connectivity index (χ2v) is 3.49. The first-order valence-corrected chi connectivity index (χ1v) is 5.35. The van der Waals surface area contributed by atoms with E-state index in [1.165, 1.54) is 0 Å². The molecule has 0 heterocycles. The first-order chi connectivity index (χ1) is 7.67. The summed E-state index contributed by atoms with van der Waals surface area (Å²) in [6.45, 7) is 5.14. The maximum Gasteiger partial charge on any atom is 0.142 e. The lowest BCUT2D eigenvalue weighted by Gasteiger charge is -2.16. The van der Waals surface area contributed by atoms with Gasteiger partial charge in [-0.2, -0.15) is 0 Å². The molecule has 0 aromatic heterocycles. The molecular weight excluding hydrogens is 206 g/mol. The standard InChI is InChI=1S/C12H19NO3/c1-4-15-8-9(2)16-12-6-5-10(14-3)7-11(12)13/h5-7,9H,4,8,13H2,1-3H3. The van der Waals surface area contributed by atoms with Crippen LogP contribution in [0.25, 0.3) is 0 Å². The predicted molar refractivity (Wildman–Crippen MR) is 64.0 cm³/mol. The molecule has 2 N–H and O–H groups in total. The molecule has 90 valence electrons. The minimum Gasteiger partial charge on any atom is -0.497 e. The summed E-state index contributed by atoms with van der Waals surface area (Å²) < 4.78 is 16.0. The molecule has 0 bridgehead atoms. The van der Waals surface area contributed by atoms with Crippen molar-refractivity contribution in [3.8, 4) is 11.5 Å². The maximum atomic E-state index is 5.83. The number of ether oxygens (including phenoxy) is 3. The molecule has 0 aliphatic carbocycles. The van der Waals surface area contributed by atoms with Crippen LogP contribution in [0.2, 0.25) is 0 Å². The molecule has 0 fully saturated rings. The number of hydrogen-bond acceptors (Lipinski definition) is 4. The number of benzene rings is 1. The lowest BCUT2D eigenvalue weighted by atomic mass is 10.3. The van der Waals surface area contributed by atoms with Gasteiger partial charge in [0.1, 0.15) is 17.6 Å². The van der Waals surface area contributed by atoms with Gasteiger partial charge >= 0.3 is 0 Å². The number of rotatable bonds is 6. The zero-order chi connectivity index (χ0) is 12.0. The van der Waals surface area contributed by atoms with Gasteiger partial charge in [-0.05, 0) is 26.0 Å². The van der Waals surface area contributed by atoms with E-state index in [2.05, 4.69) is 0 Å². The van der Waals surface area contributed by atoms with Crippen molar-refractivity contribution in [3.63, 3.8) is 0 Å². The van der Waals surface area contributed by atoms with E-state index in [0.29, 0.717) is 24.7 Å². The van der Waals surface area contributed by atoms with E-state index in [0.717, 1.165) is 5.75 Å². The van der Waals surface area contributed by atoms with Crippen molar-refractivity contribution in [2.75, 3.05) is 26.1 Å². The Morgan fingerprint density at radius 1 is 1.38 bits per heavy atom. The highest BCUT2D eigenvalue weighted by Gasteiger charge is 2.07. The smallest absolute Gasteiger partial charge is 0.142 e. The van der Waals surface area contributed by atoms with Gasteiger partial charge < -0.3 is 19.9 Å². The third-order valence-electron chi connectivity index (χ3n) is 2.10. The molecule has 0 aliphatic rings. The number of nitrogens with two attached hydrogens (primary N) is 1. The van der Waals surface area contributed by atoms with Gasteiger partial charge in [-0.15, -0.1) is 0 Å². The largest absolute Gasteiger partial charge is 0.497 e. The third-order valence-corrected chi connectivity index (χ3v) is 2.10. The average molecular weight is 225 g/mol. The van der Waals surface area contributed by atoms with E-state index in [-0.39, 0.29) is 6.10 Å². The van der Waals surface area contributed by atoms with Crippen molar-refractivity contribution in [3.05, 3.63) is 18.2 Å². The van der Waals surface area contributed by atoms with Crippen LogP contribution in [0, 0.1) is 0 Å². The number of nitrogen functional groups attached to an aromatic ring is 1. The van der Waals surface area contributed by atoms with Crippen LogP contribution in [-0.2, 0) is 4.74 Å². The van der Waals surface area contributed by atoms with Crippen LogP contribution in [-0.4, -0.2) is 26.4 Å². The summed E-state index contributed by atoms with van der Waals surface area (Å²) in [6, 6.07) is 5.36. The van der Waals surface area contributed by atoms with Gasteiger partial charge in [-0.25, -0.2) is 0 Å². The molecule has 1 rings (SSSR count). The Bertz CT molecular complexity index is 328. The van der Waals surface area contributed by atoms with E-state index >= 15 is 0 Å². The van der Waals surface area contributed by atoms with Gasteiger partial charge in [0.05, 0.1) is 19.4 Å². The fourth-order valence-corrected chi connectivity index (χ4v) is 1.30. The predicted octanol–water partition coefficient (Wildman–Crippen LogP) is 2.08. The number of anilines is 1. The second kappa shape index (κ2) is 6.23. The van der Waals surface area contributed by atoms with Gasteiger partial charge in [0.15, 0.2) is 0 Å². The zero-order valence-corrected chi connectivity index (χ0v) is 10.0. The van der Waals surface area contributed by atoms with Crippen molar-refractivity contribution in [1.29, 1.82) is 0 Å². The lowest BCUT2D eigenvalue weighted by Crippen LogP contribution is -2.19. The summed E-state index contributed by atoms with van der Waals surface area (Å²) in [5, 5.41) is 0. The molecule has 1 unspecified atom stereocenters. The van der Waals surface area contributed by atoms with Gasteiger partial charge in [0, 0.05) is 12.7 Å². The molecule has 1 aromatic carbocycles. The van der Waals surface area contributed by atoms with Crippen LogP contribution < -0.4 is 15.2 Å². The Balaban J connectivity index is 2.59. The second-order valence-electron chi connectivity index (χ2n) is 3.49. The molecule has 0 spiro atoms. The van der Waals surface area contributed by atoms with Crippen LogP contribution in [0.3, 0.4) is 0 Å². The molecule has 1 atom stereocenters. The monoisotopic (exact) mass is 225 g/mol. The molecule has 0 radical (unpaired) electrons. The molecule has 0 saturated carbocycles. The quantitative estimate of drug-likeness (QED) is 0.753. The molecule has 0 saturated heterocycles. The van der Waals surface area contributed by atoms with Crippen LogP contribution in [0.1, 0.15) is 13.8 Å². The minimum absolute atomic E-state index is 0.0179. The molecule has 4 nitrogen and oxygen atoms in total. The summed E-state index contributed by atoms with van der Waals surface area (Å²) >= 11 is 0. The first kappa shape index (κ1) is 12.6. The summed E-state index contributed by atoms with van der Waals surface area (Å²) in [7, 11) is 1.60. The molecule has 1 aromatic rings. The number of hydrogen-bond donors (Lipinski definition) is 1. The van der Waals surface area contributed by atoms with Gasteiger partial charge in [0.25, 0.3) is 0 Å². The number of methoxy groups -OCH3 is 1. The van der Waals surface area contributed by atoms with Crippen LogP contribution in [0.15, 0.2) is 18.2 Å². The highest BCUT2D eigenvalue weighted by molar-refractivity contribution is 5.56. The summed E-state index contributed by atoms with van der Waals surface area (Å²) in [6.07, 6.45) is -0.0179. The third kappa shape index (κ3) is 3.62. The van der Waals surface area contributed by atoms with Crippen molar-refractivity contribution in [1.82, 2.24) is 0 Å². The van der Waals surface area contributed by atoms with E-state index in [1.54, 1.807) is 19.2 Å². The normalized spacial score (nSPS) is 12.2. The van der Waals surface area contributed by atoms with E-state index in [4.69, 9.17) is 19.9 Å². The fraction of sp³-hybridized carbons (Fsp3) is 0.500. The molecule has 0 aliphatic heterocycles. The van der Waals surface area contributed by atoms with E-state index in [1.807, 2.05) is 19.9 Å². The van der Waals surface area contributed by atoms with Crippen LogP contribution >= 0.6 is 0 Å². The van der Waals surface area contributed by atoms with E-state index in [9.17, 15) is 0 Å². The first-order valence-electron chi connectivity index (χ1n) is 5.35. The molecule has 4 heteroatoms.